The predicted octanol–water partition coefficient (Wildman–Crippen LogP) is 3.02. The molecule has 1 aliphatic carbocycles. The van der Waals surface area contributed by atoms with Crippen LogP contribution in [0.15, 0.2) is 48.5 Å². The number of fused-ring (bicyclic) bond motifs is 1. The van der Waals surface area contributed by atoms with Gasteiger partial charge in [-0.25, -0.2) is 9.18 Å². The number of hydrogen-bond donors (Lipinski definition) is 2. The third-order valence-corrected chi connectivity index (χ3v) is 5.61. The lowest BCUT2D eigenvalue weighted by molar-refractivity contribution is 0.00446. The molecule has 1 aliphatic heterocycles. The summed E-state index contributed by atoms with van der Waals surface area (Å²) >= 11 is 0. The number of amides is 1. The molecule has 28 heavy (non-hydrogen) atoms. The number of aliphatic hydroxyl groups is 1. The summed E-state index contributed by atoms with van der Waals surface area (Å²) < 4.78 is 19.2. The maximum Gasteiger partial charge on any atom is 0.410 e. The quantitative estimate of drug-likeness (QED) is 0.832. The van der Waals surface area contributed by atoms with Gasteiger partial charge in [-0.2, -0.15) is 0 Å². The van der Waals surface area contributed by atoms with Crippen molar-refractivity contribution in [2.75, 3.05) is 19.7 Å². The van der Waals surface area contributed by atoms with Gasteiger partial charge in [0.1, 0.15) is 11.9 Å². The summed E-state index contributed by atoms with van der Waals surface area (Å²) in [5.74, 6) is -0.294. The molecule has 2 aromatic carbocycles. The van der Waals surface area contributed by atoms with Gasteiger partial charge in [0.25, 0.3) is 0 Å². The molecule has 0 saturated heterocycles. The Morgan fingerprint density at radius 3 is 2.68 bits per heavy atom. The van der Waals surface area contributed by atoms with Crippen LogP contribution in [0.4, 0.5) is 9.18 Å². The third-order valence-electron chi connectivity index (χ3n) is 5.61. The predicted molar refractivity (Wildman–Crippen MR) is 103 cm³/mol. The highest BCUT2D eigenvalue weighted by molar-refractivity contribution is 5.70. The summed E-state index contributed by atoms with van der Waals surface area (Å²) in [7, 11) is 0. The van der Waals surface area contributed by atoms with Crippen molar-refractivity contribution in [1.82, 2.24) is 10.2 Å². The van der Waals surface area contributed by atoms with Gasteiger partial charge < -0.3 is 15.2 Å². The number of carbonyl (C=O) groups excluding carboxylic acids is 1. The van der Waals surface area contributed by atoms with Crippen molar-refractivity contribution in [3.05, 3.63) is 71.0 Å². The standard InChI is InChI=1S/C22H25FN2O3/c23-17-7-5-16(6-8-17)21-20-4-2-1-3-15(20)9-11-25(21)22(27)28-19-13-18(14-19)24-10-12-26/h1-8,18-19,21,24,26H,9-14H2/t18-,19+,21-/m0/s1. The highest BCUT2D eigenvalue weighted by Gasteiger charge is 2.37. The lowest BCUT2D eigenvalue weighted by Crippen LogP contribution is -2.49. The summed E-state index contributed by atoms with van der Waals surface area (Å²) in [4.78, 5) is 14.7. The highest BCUT2D eigenvalue weighted by atomic mass is 19.1. The molecule has 2 aliphatic rings. The number of carbonyl (C=O) groups is 1. The largest absolute Gasteiger partial charge is 0.446 e. The number of aliphatic hydroxyl groups excluding tert-OH is 1. The maximum absolute atomic E-state index is 13.4. The number of rotatable bonds is 5. The van der Waals surface area contributed by atoms with E-state index in [4.69, 9.17) is 9.84 Å². The minimum absolute atomic E-state index is 0.102. The zero-order valence-corrected chi connectivity index (χ0v) is 15.7. The van der Waals surface area contributed by atoms with Crippen LogP contribution in [0, 0.1) is 5.82 Å². The zero-order valence-electron chi connectivity index (χ0n) is 15.7. The van der Waals surface area contributed by atoms with Gasteiger partial charge in [0.15, 0.2) is 0 Å². The van der Waals surface area contributed by atoms with E-state index in [-0.39, 0.29) is 30.7 Å². The second-order valence-electron chi connectivity index (χ2n) is 7.45. The van der Waals surface area contributed by atoms with Crippen molar-refractivity contribution in [3.63, 3.8) is 0 Å². The van der Waals surface area contributed by atoms with E-state index < -0.39 is 0 Å². The van der Waals surface area contributed by atoms with Crippen LogP contribution < -0.4 is 5.32 Å². The molecule has 1 atom stereocenters. The molecule has 1 saturated carbocycles. The molecular formula is C22H25FN2O3. The zero-order chi connectivity index (χ0) is 19.5. The third kappa shape index (κ3) is 3.88. The molecule has 0 unspecified atom stereocenters. The molecule has 4 rings (SSSR count). The summed E-state index contributed by atoms with van der Waals surface area (Å²) in [6.45, 7) is 1.23. The molecule has 1 fully saturated rings. The van der Waals surface area contributed by atoms with E-state index in [1.165, 1.54) is 17.7 Å². The van der Waals surface area contributed by atoms with Gasteiger partial charge in [0.2, 0.25) is 0 Å². The summed E-state index contributed by atoms with van der Waals surface area (Å²) in [6.07, 6.45) is 1.87. The average molecular weight is 384 g/mol. The smallest absolute Gasteiger partial charge is 0.410 e. The fourth-order valence-electron chi connectivity index (χ4n) is 4.08. The molecule has 2 N–H and O–H groups in total. The molecule has 0 spiro atoms. The van der Waals surface area contributed by atoms with Crippen LogP contribution in [0.3, 0.4) is 0 Å². The van der Waals surface area contributed by atoms with Gasteiger partial charge >= 0.3 is 6.09 Å². The Hall–Kier alpha value is -2.44. The first-order valence-corrected chi connectivity index (χ1v) is 9.80. The van der Waals surface area contributed by atoms with Crippen LogP contribution in [0.2, 0.25) is 0 Å². The lowest BCUT2D eigenvalue weighted by Gasteiger charge is -2.40. The minimum Gasteiger partial charge on any atom is -0.446 e. The molecule has 1 heterocycles. The topological polar surface area (TPSA) is 61.8 Å². The van der Waals surface area contributed by atoms with E-state index in [9.17, 15) is 9.18 Å². The molecular weight excluding hydrogens is 359 g/mol. The van der Waals surface area contributed by atoms with Crippen molar-refractivity contribution in [3.8, 4) is 0 Å². The Balaban J connectivity index is 1.50. The molecule has 148 valence electrons. The van der Waals surface area contributed by atoms with Crippen LogP contribution in [-0.4, -0.2) is 47.9 Å². The van der Waals surface area contributed by atoms with Gasteiger partial charge in [-0.1, -0.05) is 36.4 Å². The fourth-order valence-corrected chi connectivity index (χ4v) is 4.08. The SMILES string of the molecule is O=C(O[C@H]1C[C@@H](NCCO)C1)N1CCc2ccccc2[C@@H]1c1ccc(F)cc1. The molecule has 1 amide bonds. The second kappa shape index (κ2) is 8.29. The van der Waals surface area contributed by atoms with E-state index >= 15 is 0 Å². The van der Waals surface area contributed by atoms with E-state index in [0.29, 0.717) is 19.1 Å². The number of hydrogen-bond acceptors (Lipinski definition) is 4. The van der Waals surface area contributed by atoms with Crippen molar-refractivity contribution in [2.24, 2.45) is 0 Å². The molecule has 6 heteroatoms. The van der Waals surface area contributed by atoms with E-state index in [2.05, 4.69) is 11.4 Å². The molecule has 0 bridgehead atoms. The Bertz CT molecular complexity index is 821. The molecule has 2 aromatic rings. The van der Waals surface area contributed by atoms with Crippen molar-refractivity contribution in [2.45, 2.75) is 37.5 Å². The van der Waals surface area contributed by atoms with Crippen LogP contribution in [-0.2, 0) is 11.2 Å². The fraction of sp³-hybridized carbons (Fsp3) is 0.409. The summed E-state index contributed by atoms with van der Waals surface area (Å²) in [5.41, 5.74) is 3.15. The second-order valence-corrected chi connectivity index (χ2v) is 7.45. The number of nitrogens with one attached hydrogen (secondary N) is 1. The lowest BCUT2D eigenvalue weighted by atomic mass is 9.88. The number of benzene rings is 2. The van der Waals surface area contributed by atoms with Crippen LogP contribution >= 0.6 is 0 Å². The Morgan fingerprint density at radius 1 is 1.18 bits per heavy atom. The van der Waals surface area contributed by atoms with Crippen molar-refractivity contribution in [1.29, 1.82) is 0 Å². The summed E-state index contributed by atoms with van der Waals surface area (Å²) in [6, 6.07) is 14.4. The van der Waals surface area contributed by atoms with Crippen molar-refractivity contribution >= 4 is 6.09 Å². The molecule has 5 nitrogen and oxygen atoms in total. The van der Waals surface area contributed by atoms with Crippen molar-refractivity contribution < 1.29 is 19.0 Å². The number of halogens is 1. The first-order valence-electron chi connectivity index (χ1n) is 9.80. The van der Waals surface area contributed by atoms with Crippen LogP contribution in [0.1, 0.15) is 35.6 Å². The average Bonchev–Trinajstić information content (AvgIpc) is 2.69. The first kappa shape index (κ1) is 18.9. The first-order chi connectivity index (χ1) is 13.7. The normalized spacial score (nSPS) is 23.6. The van der Waals surface area contributed by atoms with Crippen LogP contribution in [0.5, 0.6) is 0 Å². The Labute approximate surface area is 164 Å². The van der Waals surface area contributed by atoms with Gasteiger partial charge in [0.05, 0.1) is 12.6 Å². The van der Waals surface area contributed by atoms with E-state index in [1.807, 2.05) is 18.2 Å². The number of ether oxygens (including phenoxy) is 1. The van der Waals surface area contributed by atoms with E-state index in [0.717, 1.165) is 30.4 Å². The Kier molecular flexibility index (Phi) is 5.59. The summed E-state index contributed by atoms with van der Waals surface area (Å²) in [5, 5.41) is 12.1. The van der Waals surface area contributed by atoms with Gasteiger partial charge in [-0.05, 0) is 48.1 Å². The maximum atomic E-state index is 13.4. The van der Waals surface area contributed by atoms with Crippen LogP contribution in [0.25, 0.3) is 0 Å². The minimum atomic E-state index is -0.325. The highest BCUT2D eigenvalue weighted by Crippen LogP contribution is 2.36. The monoisotopic (exact) mass is 384 g/mol. The van der Waals surface area contributed by atoms with Gasteiger partial charge in [0, 0.05) is 19.1 Å². The van der Waals surface area contributed by atoms with E-state index in [1.54, 1.807) is 17.0 Å². The Morgan fingerprint density at radius 2 is 1.93 bits per heavy atom. The molecule has 0 radical (unpaired) electrons. The number of nitrogens with zero attached hydrogens (tertiary/aromatic N) is 1. The van der Waals surface area contributed by atoms with Gasteiger partial charge in [-0.15, -0.1) is 0 Å². The van der Waals surface area contributed by atoms with Gasteiger partial charge in [-0.3, -0.25) is 4.90 Å². The molecule has 0 aromatic heterocycles.